The molecule has 184 valence electrons. The van der Waals surface area contributed by atoms with E-state index in [1.54, 1.807) is 0 Å². The molecule has 0 radical (unpaired) electrons. The van der Waals surface area contributed by atoms with Crippen LogP contribution in [0.3, 0.4) is 0 Å². The Bertz CT molecular complexity index is 996. The minimum absolute atomic E-state index is 0.415. The first-order chi connectivity index (χ1) is 17.7. The van der Waals surface area contributed by atoms with Crippen molar-refractivity contribution in [3.63, 3.8) is 0 Å². The van der Waals surface area contributed by atoms with Crippen LogP contribution in [0.4, 0.5) is 0 Å². The minimum Gasteiger partial charge on any atom is -0.292 e. The van der Waals surface area contributed by atoms with Gasteiger partial charge in [0, 0.05) is 30.1 Å². The molecule has 2 fully saturated rings. The first-order valence-electron chi connectivity index (χ1n) is 13.0. The second-order valence-electron chi connectivity index (χ2n) is 10.1. The van der Waals surface area contributed by atoms with E-state index >= 15 is 0 Å². The fourth-order valence-corrected chi connectivity index (χ4v) is 6.41. The highest BCUT2D eigenvalue weighted by Crippen LogP contribution is 2.35. The number of hydrogen-bond donors (Lipinski definition) is 0. The summed E-state index contributed by atoms with van der Waals surface area (Å²) in [7, 11) is 0. The van der Waals surface area contributed by atoms with Gasteiger partial charge >= 0.3 is 0 Å². The second-order valence-corrected chi connectivity index (χ2v) is 11.8. The summed E-state index contributed by atoms with van der Waals surface area (Å²) in [5.41, 5.74) is 5.59. The van der Waals surface area contributed by atoms with Gasteiger partial charge in [0.15, 0.2) is 0 Å². The molecular weight excluding hydrogens is 551 g/mol. The first kappa shape index (κ1) is 25.2. The maximum Gasteiger partial charge on any atom is 0.0602 e. The number of rotatable bonds is 6. The van der Waals surface area contributed by atoms with E-state index in [1.807, 2.05) is 0 Å². The Labute approximate surface area is 230 Å². The van der Waals surface area contributed by atoms with Crippen molar-refractivity contribution in [3.05, 3.63) is 144 Å². The van der Waals surface area contributed by atoms with Gasteiger partial charge in [-0.3, -0.25) is 9.80 Å². The smallest absolute Gasteiger partial charge is 0.0602 e. The zero-order chi connectivity index (χ0) is 24.7. The molecule has 0 spiro atoms. The highest BCUT2D eigenvalue weighted by Gasteiger charge is 2.32. The summed E-state index contributed by atoms with van der Waals surface area (Å²) in [5, 5.41) is 0. The third kappa shape index (κ3) is 6.08. The lowest BCUT2D eigenvalue weighted by molar-refractivity contribution is 0.0796. The molecule has 0 aromatic heterocycles. The van der Waals surface area contributed by atoms with E-state index in [0.29, 0.717) is 12.1 Å². The van der Waals surface area contributed by atoms with Crippen LogP contribution in [0.25, 0.3) is 0 Å². The van der Waals surface area contributed by atoms with E-state index in [1.165, 1.54) is 48.4 Å². The molecule has 3 heteroatoms. The zero-order valence-corrected chi connectivity index (χ0v) is 23.1. The Kier molecular flexibility index (Phi) is 8.52. The van der Waals surface area contributed by atoms with Crippen molar-refractivity contribution < 1.29 is 0 Å². The van der Waals surface area contributed by atoms with Crippen LogP contribution >= 0.6 is 22.6 Å². The molecule has 0 N–H and O–H groups in total. The van der Waals surface area contributed by atoms with E-state index in [2.05, 4.69) is 161 Å². The zero-order valence-electron chi connectivity index (χ0n) is 21.0. The molecule has 0 atom stereocenters. The second kappa shape index (κ2) is 12.2. The Balaban J connectivity index is 0.000000148. The molecule has 2 nitrogen and oxygen atoms in total. The summed E-state index contributed by atoms with van der Waals surface area (Å²) in [4.78, 5) is 5.12. The lowest BCUT2D eigenvalue weighted by Gasteiger charge is -2.43. The highest BCUT2D eigenvalue weighted by atomic mass is 127. The molecule has 0 amide bonds. The van der Waals surface area contributed by atoms with Crippen molar-refractivity contribution in [3.8, 4) is 0 Å². The van der Waals surface area contributed by atoms with Gasteiger partial charge in [-0.05, 0) is 28.2 Å². The number of benzene rings is 4. The van der Waals surface area contributed by atoms with Crippen LogP contribution in [-0.4, -0.2) is 39.9 Å². The van der Waals surface area contributed by atoms with Gasteiger partial charge in [0.05, 0.1) is 12.1 Å². The lowest BCUT2D eigenvalue weighted by atomic mass is 9.91. The molecule has 0 saturated carbocycles. The molecule has 2 heterocycles. The molecule has 36 heavy (non-hydrogen) atoms. The molecule has 2 aliphatic heterocycles. The van der Waals surface area contributed by atoms with Crippen molar-refractivity contribution in [2.24, 2.45) is 5.92 Å². The van der Waals surface area contributed by atoms with Gasteiger partial charge in [-0.15, -0.1) is 0 Å². The van der Waals surface area contributed by atoms with Gasteiger partial charge < -0.3 is 0 Å². The Morgan fingerprint density at radius 1 is 0.500 bits per heavy atom. The van der Waals surface area contributed by atoms with E-state index < -0.39 is 0 Å². The molecule has 0 unspecified atom stereocenters. The van der Waals surface area contributed by atoms with Gasteiger partial charge in [-0.2, -0.15) is 0 Å². The molecule has 6 rings (SSSR count). The topological polar surface area (TPSA) is 6.48 Å². The van der Waals surface area contributed by atoms with Crippen molar-refractivity contribution >= 4 is 22.6 Å². The summed E-state index contributed by atoms with van der Waals surface area (Å²) in [6, 6.07) is 44.1. The predicted molar refractivity (Wildman–Crippen MR) is 160 cm³/mol. The maximum absolute atomic E-state index is 2.56. The number of halogens is 1. The summed E-state index contributed by atoms with van der Waals surface area (Å²) < 4.78 is 0.803. The predicted octanol–water partition coefficient (Wildman–Crippen LogP) is 7.62. The molecule has 2 aliphatic rings. The Morgan fingerprint density at radius 2 is 0.778 bits per heavy atom. The third-order valence-corrected chi connectivity index (χ3v) is 7.94. The van der Waals surface area contributed by atoms with Crippen molar-refractivity contribution in [1.82, 2.24) is 9.80 Å². The van der Waals surface area contributed by atoms with Gasteiger partial charge in [0.25, 0.3) is 0 Å². The molecule has 0 bridgehead atoms. The Morgan fingerprint density at radius 3 is 1.03 bits per heavy atom. The molecule has 4 aromatic rings. The van der Waals surface area contributed by atoms with E-state index in [-0.39, 0.29) is 0 Å². The van der Waals surface area contributed by atoms with Crippen LogP contribution in [0, 0.1) is 5.92 Å². The Hall–Kier alpha value is -2.47. The van der Waals surface area contributed by atoms with Gasteiger partial charge in [0.1, 0.15) is 0 Å². The van der Waals surface area contributed by atoms with Gasteiger partial charge in [-0.25, -0.2) is 0 Å². The first-order valence-corrected chi connectivity index (χ1v) is 14.3. The fourth-order valence-electron chi connectivity index (χ4n) is 5.39. The lowest BCUT2D eigenvalue weighted by Crippen LogP contribution is -2.49. The van der Waals surface area contributed by atoms with Crippen molar-refractivity contribution in [2.75, 3.05) is 26.2 Å². The quantitative estimate of drug-likeness (QED) is 0.169. The average Bonchev–Trinajstić information content (AvgIpc) is 2.90. The average molecular weight is 587 g/mol. The van der Waals surface area contributed by atoms with E-state index in [9.17, 15) is 0 Å². The van der Waals surface area contributed by atoms with E-state index in [0.717, 1.165) is 9.84 Å². The van der Waals surface area contributed by atoms with Crippen LogP contribution in [0.15, 0.2) is 121 Å². The monoisotopic (exact) mass is 586 g/mol. The van der Waals surface area contributed by atoms with Crippen LogP contribution in [-0.2, 0) is 0 Å². The highest BCUT2D eigenvalue weighted by molar-refractivity contribution is 14.1. The largest absolute Gasteiger partial charge is 0.292 e. The molecule has 2 saturated heterocycles. The number of alkyl halides is 1. The minimum atomic E-state index is 0.415. The summed E-state index contributed by atoms with van der Waals surface area (Å²) in [5.74, 6) is 0.833. The normalized spacial score (nSPS) is 16.8. The van der Waals surface area contributed by atoms with Crippen molar-refractivity contribution in [1.29, 1.82) is 0 Å². The summed E-state index contributed by atoms with van der Waals surface area (Å²) in [6.45, 7) is 7.11. The van der Waals surface area contributed by atoms with Gasteiger partial charge in [0.2, 0.25) is 0 Å². The number of hydrogen-bond acceptors (Lipinski definition) is 2. The molecular formula is C33H35IN2. The third-order valence-electron chi connectivity index (χ3n) is 7.15. The van der Waals surface area contributed by atoms with Crippen LogP contribution in [0.5, 0.6) is 0 Å². The van der Waals surface area contributed by atoms with Crippen molar-refractivity contribution in [2.45, 2.75) is 22.9 Å². The fraction of sp³-hybridized carbons (Fsp3) is 0.273. The summed E-state index contributed by atoms with van der Waals surface area (Å²) in [6.07, 6.45) is 0. The van der Waals surface area contributed by atoms with Crippen LogP contribution in [0.2, 0.25) is 0 Å². The van der Waals surface area contributed by atoms with Gasteiger partial charge in [-0.1, -0.05) is 151 Å². The number of likely N-dealkylation sites (tertiary alicyclic amines) is 2. The molecule has 0 aliphatic carbocycles. The number of nitrogens with zero attached hydrogens (tertiary/aromatic N) is 2. The maximum atomic E-state index is 2.56. The van der Waals surface area contributed by atoms with E-state index in [4.69, 9.17) is 0 Å². The standard InChI is InChI=1S/C17H19N.C16H16IN/c1-14-12-18(13-14)17(15-8-4-2-5-9-15)16-10-6-3-7-11-16;17-15-11-18(12-15)16(13-7-3-1-4-8-13)14-9-5-2-6-10-14/h2-11,14,17H,12-13H2,1H3;1-10,15-16H,11-12H2. The SMILES string of the molecule is CC1CN(C(c2ccccc2)c2ccccc2)C1.IC1CN(C(c2ccccc2)c2ccccc2)C1. The van der Waals surface area contributed by atoms with Crippen LogP contribution in [0.1, 0.15) is 41.3 Å². The summed E-state index contributed by atoms with van der Waals surface area (Å²) >= 11 is 2.54. The molecule has 4 aromatic carbocycles. The van der Waals surface area contributed by atoms with Crippen LogP contribution < -0.4 is 0 Å².